The van der Waals surface area contributed by atoms with Gasteiger partial charge >= 0.3 is 5.97 Å². The molecule has 2 aromatic rings. The zero-order valence-electron chi connectivity index (χ0n) is 25.0. The van der Waals surface area contributed by atoms with Gasteiger partial charge in [0.25, 0.3) is 5.91 Å². The van der Waals surface area contributed by atoms with Gasteiger partial charge in [0.15, 0.2) is 5.78 Å². The molecule has 0 unspecified atom stereocenters. The van der Waals surface area contributed by atoms with Crippen molar-refractivity contribution >= 4 is 17.7 Å². The van der Waals surface area contributed by atoms with E-state index in [1.165, 1.54) is 6.07 Å². The van der Waals surface area contributed by atoms with Crippen LogP contribution in [-0.4, -0.2) is 52.3 Å². The van der Waals surface area contributed by atoms with Gasteiger partial charge in [0, 0.05) is 36.1 Å². The van der Waals surface area contributed by atoms with Crippen LogP contribution >= 0.6 is 0 Å². The minimum atomic E-state index is -1.11. The molecule has 0 fully saturated rings. The number of allylic oxidation sites excluding steroid dienone is 2. The summed E-state index contributed by atoms with van der Waals surface area (Å²) in [5.41, 5.74) is 4.12. The van der Waals surface area contributed by atoms with Crippen molar-refractivity contribution in [2.24, 2.45) is 11.3 Å². The standard InChI is InChI=1S/C33H38N2O6/c1-9-35-29(16(2)3)30-28(31(35)37)27(26-22(36)14-33(6,7)15-24(26)41-30)25-18(5)19(10-11-23(25)40-8)20-12-17(4)13-21(34-20)32(38)39/h10-13,16,27,29H,9,14-15H2,1-8H3,(H,38,39)/t27-,29+/m0/s1. The van der Waals surface area contributed by atoms with E-state index >= 15 is 0 Å². The van der Waals surface area contributed by atoms with E-state index in [1.54, 1.807) is 7.11 Å². The van der Waals surface area contributed by atoms with Crippen LogP contribution in [0.25, 0.3) is 11.3 Å². The number of nitrogens with zero attached hydrogens (tertiary/aromatic N) is 2. The molecule has 8 heteroatoms. The number of rotatable bonds is 6. The number of carbonyl (C=O) groups is 3. The summed E-state index contributed by atoms with van der Waals surface area (Å²) in [6.45, 7) is 14.5. The van der Waals surface area contributed by atoms with Crippen LogP contribution in [0, 0.1) is 25.2 Å². The number of hydrogen-bond acceptors (Lipinski definition) is 6. The number of Topliss-reactive ketones (excluding diaryl/α,β-unsaturated/α-hetero) is 1. The van der Waals surface area contributed by atoms with Crippen molar-refractivity contribution in [3.8, 4) is 17.0 Å². The van der Waals surface area contributed by atoms with Crippen LogP contribution in [0.3, 0.4) is 0 Å². The van der Waals surface area contributed by atoms with Crippen LogP contribution in [0.1, 0.15) is 80.6 Å². The minimum absolute atomic E-state index is 0.0367. The maximum absolute atomic E-state index is 14.1. The molecule has 2 aliphatic heterocycles. The van der Waals surface area contributed by atoms with Crippen molar-refractivity contribution < 1.29 is 29.0 Å². The van der Waals surface area contributed by atoms with Gasteiger partial charge in [0.05, 0.1) is 30.3 Å². The van der Waals surface area contributed by atoms with Crippen LogP contribution in [0.5, 0.6) is 5.75 Å². The molecule has 216 valence electrons. The maximum Gasteiger partial charge on any atom is 0.354 e. The number of methoxy groups -OCH3 is 1. The second-order valence-electron chi connectivity index (χ2n) is 12.4. The number of carboxylic acid groups (broad SMARTS) is 1. The predicted molar refractivity (Wildman–Crippen MR) is 155 cm³/mol. The molecule has 0 radical (unpaired) electrons. The van der Waals surface area contributed by atoms with Gasteiger partial charge in [-0.2, -0.15) is 0 Å². The number of benzene rings is 1. The Morgan fingerprint density at radius 2 is 1.88 bits per heavy atom. The van der Waals surface area contributed by atoms with Gasteiger partial charge in [0.2, 0.25) is 0 Å². The van der Waals surface area contributed by atoms with Gasteiger partial charge in [-0.05, 0) is 67.5 Å². The Bertz CT molecular complexity index is 1550. The summed E-state index contributed by atoms with van der Waals surface area (Å²) in [6, 6.07) is 6.79. The molecule has 1 aromatic heterocycles. The second kappa shape index (κ2) is 10.2. The number of ether oxygens (including phenoxy) is 2. The number of likely N-dealkylation sites (N-methyl/N-ethyl adjacent to an activating group) is 1. The molecule has 41 heavy (non-hydrogen) atoms. The first kappa shape index (κ1) is 28.6. The van der Waals surface area contributed by atoms with E-state index in [0.717, 1.165) is 11.1 Å². The number of ketones is 1. The SMILES string of the molecule is CCN1C(=O)C2=C(OC3=C(C(=O)CC(C)(C)C3)[C@@H]2c2c(OC)ccc(-c3cc(C)cc(C(=O)O)n3)c2C)[C@H]1C(C)C. The van der Waals surface area contributed by atoms with E-state index in [4.69, 9.17) is 9.47 Å². The Kier molecular flexibility index (Phi) is 7.08. The second-order valence-corrected chi connectivity index (χ2v) is 12.4. The van der Waals surface area contributed by atoms with Gasteiger partial charge in [-0.3, -0.25) is 9.59 Å². The minimum Gasteiger partial charge on any atom is -0.496 e. The first-order valence-corrected chi connectivity index (χ1v) is 14.2. The summed E-state index contributed by atoms with van der Waals surface area (Å²) in [6.07, 6.45) is 0.922. The average molecular weight is 559 g/mol. The molecule has 0 bridgehead atoms. The van der Waals surface area contributed by atoms with E-state index < -0.39 is 11.9 Å². The lowest BCUT2D eigenvalue weighted by Crippen LogP contribution is -2.39. The summed E-state index contributed by atoms with van der Waals surface area (Å²) < 4.78 is 12.5. The maximum atomic E-state index is 14.1. The lowest BCUT2D eigenvalue weighted by atomic mass is 9.68. The Morgan fingerprint density at radius 1 is 1.17 bits per heavy atom. The van der Waals surface area contributed by atoms with Crippen molar-refractivity contribution in [2.75, 3.05) is 13.7 Å². The fourth-order valence-electron chi connectivity index (χ4n) is 6.76. The normalized spacial score (nSPS) is 21.7. The number of hydrogen-bond donors (Lipinski definition) is 1. The Labute approximate surface area is 241 Å². The summed E-state index contributed by atoms with van der Waals surface area (Å²) in [7, 11) is 1.58. The van der Waals surface area contributed by atoms with E-state index in [1.807, 2.05) is 43.9 Å². The molecular weight excluding hydrogens is 520 g/mol. The van der Waals surface area contributed by atoms with E-state index in [2.05, 4.69) is 32.7 Å². The molecule has 1 N–H and O–H groups in total. The molecule has 2 atom stereocenters. The van der Waals surface area contributed by atoms with Gasteiger partial charge in [-0.15, -0.1) is 0 Å². The fraction of sp³-hybridized carbons (Fsp3) is 0.455. The van der Waals surface area contributed by atoms with Gasteiger partial charge in [-0.25, -0.2) is 9.78 Å². The van der Waals surface area contributed by atoms with Crippen LogP contribution in [-0.2, 0) is 14.3 Å². The molecule has 1 aromatic carbocycles. The van der Waals surface area contributed by atoms with Crippen LogP contribution < -0.4 is 4.74 Å². The summed E-state index contributed by atoms with van der Waals surface area (Å²) in [5.74, 6) is -0.0708. The predicted octanol–water partition coefficient (Wildman–Crippen LogP) is 5.97. The highest BCUT2D eigenvalue weighted by Crippen LogP contribution is 2.55. The van der Waals surface area contributed by atoms with Gasteiger partial charge in [-0.1, -0.05) is 27.7 Å². The molecule has 1 amide bonds. The number of aromatic carboxylic acids is 1. The van der Waals surface area contributed by atoms with Crippen molar-refractivity contribution in [2.45, 2.75) is 73.3 Å². The molecule has 3 heterocycles. The number of aromatic nitrogens is 1. The summed E-state index contributed by atoms with van der Waals surface area (Å²) in [4.78, 5) is 46.1. The van der Waals surface area contributed by atoms with E-state index in [-0.39, 0.29) is 34.8 Å². The summed E-state index contributed by atoms with van der Waals surface area (Å²) >= 11 is 0. The number of carbonyl (C=O) groups excluding carboxylic acids is 2. The smallest absolute Gasteiger partial charge is 0.354 e. The molecule has 0 spiro atoms. The lowest BCUT2D eigenvalue weighted by molar-refractivity contribution is -0.127. The van der Waals surface area contributed by atoms with Gasteiger partial charge < -0.3 is 19.5 Å². The first-order valence-electron chi connectivity index (χ1n) is 14.2. The van der Waals surface area contributed by atoms with Gasteiger partial charge in [0.1, 0.15) is 23.0 Å². The van der Waals surface area contributed by atoms with E-state index in [0.29, 0.717) is 64.6 Å². The number of aryl methyl sites for hydroxylation is 1. The highest BCUT2D eigenvalue weighted by atomic mass is 16.5. The number of pyridine rings is 1. The molecule has 0 saturated heterocycles. The monoisotopic (exact) mass is 558 g/mol. The van der Waals surface area contributed by atoms with Crippen LogP contribution in [0.2, 0.25) is 0 Å². The average Bonchev–Trinajstić information content (AvgIpc) is 3.17. The Balaban J connectivity index is 1.82. The van der Waals surface area contributed by atoms with Crippen molar-refractivity contribution in [3.63, 3.8) is 0 Å². The lowest BCUT2D eigenvalue weighted by Gasteiger charge is -2.39. The quantitative estimate of drug-likeness (QED) is 0.466. The third kappa shape index (κ3) is 4.63. The molecule has 3 aliphatic rings. The van der Waals surface area contributed by atoms with E-state index in [9.17, 15) is 19.5 Å². The van der Waals surface area contributed by atoms with Crippen LogP contribution in [0.4, 0.5) is 0 Å². The zero-order valence-corrected chi connectivity index (χ0v) is 25.0. The van der Waals surface area contributed by atoms with Crippen molar-refractivity contribution in [1.29, 1.82) is 0 Å². The van der Waals surface area contributed by atoms with Crippen molar-refractivity contribution in [1.82, 2.24) is 9.88 Å². The Morgan fingerprint density at radius 3 is 2.49 bits per heavy atom. The highest BCUT2D eigenvalue weighted by molar-refractivity contribution is 6.07. The van der Waals surface area contributed by atoms with Crippen molar-refractivity contribution in [3.05, 3.63) is 69.3 Å². The molecule has 5 rings (SSSR count). The number of amides is 1. The first-order chi connectivity index (χ1) is 19.3. The Hall–Kier alpha value is -3.94. The highest BCUT2D eigenvalue weighted by Gasteiger charge is 2.53. The fourth-order valence-corrected chi connectivity index (χ4v) is 6.76. The zero-order chi connectivity index (χ0) is 30.0. The largest absolute Gasteiger partial charge is 0.496 e. The molecule has 0 saturated carbocycles. The molecule has 8 nitrogen and oxygen atoms in total. The topological polar surface area (TPSA) is 106 Å². The van der Waals surface area contributed by atoms with Crippen LogP contribution in [0.15, 0.2) is 46.9 Å². The molecular formula is C33H38N2O6. The number of carboxylic acids is 1. The molecule has 1 aliphatic carbocycles. The summed E-state index contributed by atoms with van der Waals surface area (Å²) in [5, 5.41) is 9.65. The third-order valence-corrected chi connectivity index (χ3v) is 8.47. The third-order valence-electron chi connectivity index (χ3n) is 8.47.